The van der Waals surface area contributed by atoms with Crippen LogP contribution in [0.25, 0.3) is 0 Å². The summed E-state index contributed by atoms with van der Waals surface area (Å²) in [6.07, 6.45) is 2.56. The molecule has 9 heteroatoms. The van der Waals surface area contributed by atoms with Crippen LogP contribution in [-0.2, 0) is 15.0 Å². The average molecular weight is 323 g/mol. The third-order valence-electron chi connectivity index (χ3n) is 2.45. The molecule has 0 amide bonds. The van der Waals surface area contributed by atoms with Crippen LogP contribution < -0.4 is 34.5 Å². The van der Waals surface area contributed by atoms with Crippen LogP contribution in [0.5, 0.6) is 0 Å². The van der Waals surface area contributed by atoms with Crippen molar-refractivity contribution in [2.24, 2.45) is 9.63 Å². The smallest absolute Gasteiger partial charge is 0.728 e. The van der Waals surface area contributed by atoms with E-state index in [0.29, 0.717) is 5.69 Å². The summed E-state index contributed by atoms with van der Waals surface area (Å²) in [6, 6.07) is 6.63. The van der Waals surface area contributed by atoms with E-state index in [9.17, 15) is 13.0 Å². The van der Waals surface area contributed by atoms with E-state index in [-0.39, 0.29) is 29.6 Å². The fraction of sp³-hybridized carbons (Fsp3) is 0.500. The number of nitrogens with zero attached hydrogens (tertiary/aromatic N) is 3. The van der Waals surface area contributed by atoms with Gasteiger partial charge in [-0.25, -0.2) is 8.42 Å². The molecular formula is C12H18N3NaO4S. The molecule has 1 aliphatic heterocycles. The zero-order valence-electron chi connectivity index (χ0n) is 12.5. The predicted octanol–water partition coefficient (Wildman–Crippen LogP) is -0.903. The molecule has 1 aromatic rings. The summed E-state index contributed by atoms with van der Waals surface area (Å²) in [5.41, 5.74) is 1.26. The molecule has 0 aromatic heterocycles. The number of anilines is 1. The summed E-state index contributed by atoms with van der Waals surface area (Å²) >= 11 is 0. The Morgan fingerprint density at radius 2 is 1.67 bits per heavy atom. The molecule has 0 atom stereocenters. The summed E-state index contributed by atoms with van der Waals surface area (Å²) < 4.78 is 38.0. The summed E-state index contributed by atoms with van der Waals surface area (Å²) in [5, 5.41) is 3.28. The zero-order chi connectivity index (χ0) is 15.0. The van der Waals surface area contributed by atoms with E-state index in [2.05, 4.69) is 9.63 Å². The summed E-state index contributed by atoms with van der Waals surface area (Å²) in [5.74, 6) is 0. The molecule has 0 N–H and O–H groups in total. The largest absolute Gasteiger partial charge is 1.00 e. The minimum atomic E-state index is -4.65. The van der Waals surface area contributed by atoms with Crippen LogP contribution in [0.1, 0.15) is 12.8 Å². The predicted molar refractivity (Wildman–Crippen MR) is 75.0 cm³/mol. The van der Waals surface area contributed by atoms with E-state index in [1.54, 1.807) is 24.3 Å². The number of hydrogen-bond acceptors (Lipinski definition) is 6. The van der Waals surface area contributed by atoms with E-state index >= 15 is 0 Å². The monoisotopic (exact) mass is 323 g/mol. The van der Waals surface area contributed by atoms with Crippen molar-refractivity contribution in [1.29, 1.82) is 0 Å². The van der Waals surface area contributed by atoms with Gasteiger partial charge in [-0.15, -0.1) is 5.11 Å². The molecule has 0 spiro atoms. The maximum atomic E-state index is 10.2. The van der Waals surface area contributed by atoms with Crippen molar-refractivity contribution < 1.29 is 47.3 Å². The van der Waals surface area contributed by atoms with E-state index in [4.69, 9.17) is 4.74 Å². The molecular weight excluding hydrogens is 305 g/mol. The van der Waals surface area contributed by atoms with Crippen LogP contribution in [0.15, 0.2) is 33.9 Å². The number of hydrogen-bond donors (Lipinski definition) is 0. The van der Waals surface area contributed by atoms with Gasteiger partial charge in [-0.1, -0.05) is 4.52 Å². The van der Waals surface area contributed by atoms with Crippen LogP contribution >= 0.6 is 0 Å². The molecule has 1 fully saturated rings. The number of rotatable bonds is 3. The molecule has 0 radical (unpaired) electrons. The molecule has 0 saturated carbocycles. The van der Waals surface area contributed by atoms with E-state index < -0.39 is 10.3 Å². The quantitative estimate of drug-likeness (QED) is 0.408. The Kier molecular flexibility index (Phi) is 10.0. The standard InChI is InChI=1S/C8H11N3O3S.C4H8O.Na/c1-11(2)8-5-3-7(4-6-8)9-10-15(12,13)14;1-2-4-5-3-1;/h3-6H,1-2H3,(H,12,13,14);1-4H2;/q;;+1/p-1. The Morgan fingerprint density at radius 3 is 2.00 bits per heavy atom. The molecule has 21 heavy (non-hydrogen) atoms. The van der Waals surface area contributed by atoms with Crippen LogP contribution in [0.2, 0.25) is 0 Å². The Balaban J connectivity index is 0.000000562. The molecule has 7 nitrogen and oxygen atoms in total. The minimum Gasteiger partial charge on any atom is -0.728 e. The third-order valence-corrected chi connectivity index (χ3v) is 2.73. The molecule has 112 valence electrons. The first-order chi connectivity index (χ1) is 9.38. The van der Waals surface area contributed by atoms with Crippen LogP contribution in [0.4, 0.5) is 11.4 Å². The van der Waals surface area contributed by atoms with Gasteiger partial charge in [-0.3, -0.25) is 0 Å². The molecule has 1 aromatic carbocycles. The molecule has 1 aliphatic rings. The Bertz CT molecular complexity index is 520. The van der Waals surface area contributed by atoms with Crippen molar-refractivity contribution in [3.05, 3.63) is 24.3 Å². The molecule has 0 bridgehead atoms. The van der Waals surface area contributed by atoms with Crippen molar-refractivity contribution in [3.8, 4) is 0 Å². The van der Waals surface area contributed by atoms with Crippen LogP contribution in [0, 0.1) is 0 Å². The van der Waals surface area contributed by atoms with E-state index in [1.165, 1.54) is 12.8 Å². The fourth-order valence-corrected chi connectivity index (χ4v) is 1.62. The van der Waals surface area contributed by atoms with Crippen LogP contribution in [0.3, 0.4) is 0 Å². The normalized spacial score (nSPS) is 14.2. The van der Waals surface area contributed by atoms with E-state index in [1.807, 2.05) is 19.0 Å². The SMILES string of the molecule is C1CCOC1.CN(C)c1ccc(N=NS(=O)(=O)[O-])cc1.[Na+]. The minimum absolute atomic E-state index is 0. The maximum absolute atomic E-state index is 10.2. The van der Waals surface area contributed by atoms with Crippen molar-refractivity contribution in [1.82, 2.24) is 0 Å². The third kappa shape index (κ3) is 9.94. The fourth-order valence-electron chi connectivity index (χ4n) is 1.42. The Morgan fingerprint density at radius 1 is 1.14 bits per heavy atom. The molecule has 0 aliphatic carbocycles. The first-order valence-electron chi connectivity index (χ1n) is 6.12. The van der Waals surface area contributed by atoms with E-state index in [0.717, 1.165) is 18.9 Å². The van der Waals surface area contributed by atoms with Gasteiger partial charge in [0.15, 0.2) is 0 Å². The molecule has 1 saturated heterocycles. The number of ether oxygens (including phenoxy) is 1. The number of benzene rings is 1. The van der Waals surface area contributed by atoms with Gasteiger partial charge >= 0.3 is 29.6 Å². The summed E-state index contributed by atoms with van der Waals surface area (Å²) in [4.78, 5) is 1.88. The van der Waals surface area contributed by atoms with Gasteiger partial charge in [-0.05, 0) is 37.1 Å². The van der Waals surface area contributed by atoms with Gasteiger partial charge in [0.05, 0.1) is 5.69 Å². The Labute approximate surface area is 147 Å². The first kappa shape index (κ1) is 20.5. The maximum Gasteiger partial charge on any atom is 1.00 e. The Hall–Kier alpha value is -0.510. The second kappa shape index (κ2) is 10.3. The first-order valence-corrected chi connectivity index (χ1v) is 7.49. The zero-order valence-corrected chi connectivity index (χ0v) is 15.3. The van der Waals surface area contributed by atoms with Crippen molar-refractivity contribution >= 4 is 21.7 Å². The van der Waals surface area contributed by atoms with Gasteiger partial charge in [0, 0.05) is 33.0 Å². The van der Waals surface area contributed by atoms with Gasteiger partial charge in [0.25, 0.3) is 0 Å². The molecule has 1 heterocycles. The van der Waals surface area contributed by atoms with Gasteiger partial charge < -0.3 is 14.2 Å². The van der Waals surface area contributed by atoms with Crippen molar-refractivity contribution in [2.45, 2.75) is 12.8 Å². The second-order valence-corrected chi connectivity index (χ2v) is 5.36. The van der Waals surface area contributed by atoms with Crippen molar-refractivity contribution in [2.75, 3.05) is 32.2 Å². The van der Waals surface area contributed by atoms with Gasteiger partial charge in [-0.2, -0.15) is 0 Å². The second-order valence-electron chi connectivity index (χ2n) is 4.34. The van der Waals surface area contributed by atoms with Crippen molar-refractivity contribution in [3.63, 3.8) is 0 Å². The van der Waals surface area contributed by atoms with Crippen LogP contribution in [-0.4, -0.2) is 40.3 Å². The average Bonchev–Trinajstić information content (AvgIpc) is 2.95. The summed E-state index contributed by atoms with van der Waals surface area (Å²) in [6.45, 7) is 2.00. The molecule has 0 unspecified atom stereocenters. The molecule has 2 rings (SSSR count). The topological polar surface area (TPSA) is 94.4 Å². The van der Waals surface area contributed by atoms with Gasteiger partial charge in [0.1, 0.15) is 0 Å². The summed E-state index contributed by atoms with van der Waals surface area (Å²) in [7, 11) is -0.904. The van der Waals surface area contributed by atoms with Gasteiger partial charge in [0.2, 0.25) is 10.3 Å².